The molecule has 0 unspecified atom stereocenters. The van der Waals surface area contributed by atoms with E-state index in [1.807, 2.05) is 6.92 Å². The highest BCUT2D eigenvalue weighted by Gasteiger charge is 2.17. The number of aryl methyl sites for hydroxylation is 2. The Bertz CT molecular complexity index is 305. The number of nitrogens with one attached hydrogen (secondary N) is 1. The minimum absolute atomic E-state index is 0.112. The molecule has 2 heterocycles. The number of carbonyl (C=O) groups is 1. The Morgan fingerprint density at radius 3 is 3.18 bits per heavy atom. The average molecular weight is 168 g/mol. The van der Waals surface area contributed by atoms with Crippen molar-refractivity contribution in [3.63, 3.8) is 0 Å². The summed E-state index contributed by atoms with van der Waals surface area (Å²) in [5.74, 6) is 0.112. The fourth-order valence-electron chi connectivity index (χ4n) is 1.16. The molecule has 3 nitrogen and oxygen atoms in total. The molecule has 1 amide bonds. The van der Waals surface area contributed by atoms with Gasteiger partial charge in [-0.25, -0.2) is 4.98 Å². The van der Waals surface area contributed by atoms with Crippen molar-refractivity contribution in [2.45, 2.75) is 19.8 Å². The summed E-state index contributed by atoms with van der Waals surface area (Å²) in [6.07, 6.45) is 1.38. The van der Waals surface area contributed by atoms with Gasteiger partial charge in [0.1, 0.15) is 5.00 Å². The summed E-state index contributed by atoms with van der Waals surface area (Å²) >= 11 is 1.55. The van der Waals surface area contributed by atoms with Gasteiger partial charge in [-0.15, -0.1) is 11.3 Å². The summed E-state index contributed by atoms with van der Waals surface area (Å²) in [6.45, 7) is 1.95. The van der Waals surface area contributed by atoms with E-state index >= 15 is 0 Å². The zero-order valence-corrected chi connectivity index (χ0v) is 6.99. The highest BCUT2D eigenvalue weighted by Crippen LogP contribution is 2.28. The first-order chi connectivity index (χ1) is 5.25. The molecule has 0 atom stereocenters. The molecule has 0 aromatic carbocycles. The van der Waals surface area contributed by atoms with Crippen LogP contribution in [0.1, 0.15) is 17.1 Å². The Balaban J connectivity index is 2.41. The summed E-state index contributed by atoms with van der Waals surface area (Å²) in [5.41, 5.74) is 1.05. The standard InChI is InChI=1S/C7H8N2OS/c1-4-8-5-2-3-6(10)9-7(5)11-4/h2-3H2,1H3,(H,9,10). The molecule has 0 radical (unpaired) electrons. The van der Waals surface area contributed by atoms with E-state index in [-0.39, 0.29) is 5.91 Å². The maximum Gasteiger partial charge on any atom is 0.225 e. The molecule has 1 aromatic rings. The first-order valence-corrected chi connectivity index (χ1v) is 4.33. The summed E-state index contributed by atoms with van der Waals surface area (Å²) in [4.78, 5) is 15.2. The lowest BCUT2D eigenvalue weighted by Gasteiger charge is -2.09. The normalized spacial score (nSPS) is 15.9. The fourth-order valence-corrected chi connectivity index (χ4v) is 2.04. The Morgan fingerprint density at radius 1 is 1.55 bits per heavy atom. The molecule has 0 fully saturated rings. The van der Waals surface area contributed by atoms with Crippen LogP contribution < -0.4 is 5.32 Å². The minimum Gasteiger partial charge on any atom is -0.316 e. The van der Waals surface area contributed by atoms with Gasteiger partial charge in [0, 0.05) is 12.8 Å². The van der Waals surface area contributed by atoms with Crippen LogP contribution in [-0.2, 0) is 11.2 Å². The van der Waals surface area contributed by atoms with Crippen LogP contribution in [0.2, 0.25) is 0 Å². The number of fused-ring (bicyclic) bond motifs is 1. The number of amides is 1. The first-order valence-electron chi connectivity index (χ1n) is 3.52. The van der Waals surface area contributed by atoms with Crippen LogP contribution in [0, 0.1) is 6.92 Å². The Morgan fingerprint density at radius 2 is 2.36 bits per heavy atom. The van der Waals surface area contributed by atoms with E-state index in [2.05, 4.69) is 10.3 Å². The van der Waals surface area contributed by atoms with Gasteiger partial charge in [-0.3, -0.25) is 4.79 Å². The molecule has 0 aliphatic carbocycles. The molecule has 1 N–H and O–H groups in total. The van der Waals surface area contributed by atoms with Crippen molar-refractivity contribution in [2.75, 3.05) is 5.32 Å². The van der Waals surface area contributed by atoms with Crippen LogP contribution in [0.3, 0.4) is 0 Å². The summed E-state index contributed by atoms with van der Waals surface area (Å²) in [7, 11) is 0. The van der Waals surface area contributed by atoms with Gasteiger partial charge in [0.25, 0.3) is 0 Å². The Hall–Kier alpha value is -0.900. The molecule has 2 rings (SSSR count). The van der Waals surface area contributed by atoms with Gasteiger partial charge >= 0.3 is 0 Å². The SMILES string of the molecule is Cc1nc2c(s1)NC(=O)CC2. The van der Waals surface area contributed by atoms with Gasteiger partial charge in [0.2, 0.25) is 5.91 Å². The molecule has 1 aliphatic rings. The second-order valence-electron chi connectivity index (χ2n) is 2.56. The van der Waals surface area contributed by atoms with Gasteiger partial charge in [0.15, 0.2) is 0 Å². The molecule has 0 saturated heterocycles. The highest BCUT2D eigenvalue weighted by atomic mass is 32.1. The van der Waals surface area contributed by atoms with Crippen molar-refractivity contribution in [3.8, 4) is 0 Å². The topological polar surface area (TPSA) is 42.0 Å². The highest BCUT2D eigenvalue weighted by molar-refractivity contribution is 7.16. The second-order valence-corrected chi connectivity index (χ2v) is 3.76. The molecular weight excluding hydrogens is 160 g/mol. The summed E-state index contributed by atoms with van der Waals surface area (Å²) in [6, 6.07) is 0. The van der Waals surface area contributed by atoms with Crippen LogP contribution in [0.4, 0.5) is 5.00 Å². The van der Waals surface area contributed by atoms with Gasteiger partial charge in [0.05, 0.1) is 10.7 Å². The fraction of sp³-hybridized carbons (Fsp3) is 0.429. The monoisotopic (exact) mass is 168 g/mol. The Labute approximate surface area is 68.5 Å². The van der Waals surface area contributed by atoms with Crippen LogP contribution in [0.25, 0.3) is 0 Å². The van der Waals surface area contributed by atoms with Crippen molar-refractivity contribution in [3.05, 3.63) is 10.7 Å². The molecule has 58 valence electrons. The third kappa shape index (κ3) is 1.14. The van der Waals surface area contributed by atoms with Crippen molar-refractivity contribution < 1.29 is 4.79 Å². The van der Waals surface area contributed by atoms with E-state index < -0.39 is 0 Å². The molecule has 0 spiro atoms. The lowest BCUT2D eigenvalue weighted by molar-refractivity contribution is -0.116. The molecule has 0 bridgehead atoms. The minimum atomic E-state index is 0.112. The van der Waals surface area contributed by atoms with Crippen LogP contribution in [-0.4, -0.2) is 10.9 Å². The number of anilines is 1. The first kappa shape index (κ1) is 6.79. The molecule has 1 aliphatic heterocycles. The number of hydrogen-bond donors (Lipinski definition) is 1. The average Bonchev–Trinajstić information content (AvgIpc) is 2.27. The van der Waals surface area contributed by atoms with Crippen molar-refractivity contribution in [1.82, 2.24) is 4.98 Å². The predicted octanol–water partition coefficient (Wildman–Crippen LogP) is 1.34. The van der Waals surface area contributed by atoms with E-state index in [1.165, 1.54) is 0 Å². The predicted molar refractivity (Wildman–Crippen MR) is 43.8 cm³/mol. The molecule has 1 aromatic heterocycles. The number of hydrogen-bond acceptors (Lipinski definition) is 3. The number of aromatic nitrogens is 1. The molecule has 4 heteroatoms. The maximum absolute atomic E-state index is 10.9. The van der Waals surface area contributed by atoms with Crippen molar-refractivity contribution in [1.29, 1.82) is 0 Å². The van der Waals surface area contributed by atoms with Gasteiger partial charge in [-0.05, 0) is 6.92 Å². The van der Waals surface area contributed by atoms with Gasteiger partial charge < -0.3 is 5.32 Å². The molecule has 0 saturated carbocycles. The quantitative estimate of drug-likeness (QED) is 0.635. The largest absolute Gasteiger partial charge is 0.316 e. The van der Waals surface area contributed by atoms with E-state index in [0.29, 0.717) is 6.42 Å². The third-order valence-electron chi connectivity index (χ3n) is 1.65. The van der Waals surface area contributed by atoms with E-state index in [0.717, 1.165) is 22.1 Å². The van der Waals surface area contributed by atoms with Crippen LogP contribution >= 0.6 is 11.3 Å². The summed E-state index contributed by atoms with van der Waals surface area (Å²) < 4.78 is 0. The summed E-state index contributed by atoms with van der Waals surface area (Å²) in [5, 5.41) is 4.77. The molecule has 11 heavy (non-hydrogen) atoms. The van der Waals surface area contributed by atoms with E-state index in [4.69, 9.17) is 0 Å². The zero-order chi connectivity index (χ0) is 7.84. The van der Waals surface area contributed by atoms with Crippen LogP contribution in [0.15, 0.2) is 0 Å². The lowest BCUT2D eigenvalue weighted by Crippen LogP contribution is -2.17. The second kappa shape index (κ2) is 2.30. The zero-order valence-electron chi connectivity index (χ0n) is 6.18. The van der Waals surface area contributed by atoms with Gasteiger partial charge in [-0.2, -0.15) is 0 Å². The number of thiazole rings is 1. The maximum atomic E-state index is 10.9. The Kier molecular flexibility index (Phi) is 1.42. The number of nitrogens with zero attached hydrogens (tertiary/aromatic N) is 1. The lowest BCUT2D eigenvalue weighted by atomic mass is 10.2. The van der Waals surface area contributed by atoms with Crippen molar-refractivity contribution in [2.24, 2.45) is 0 Å². The van der Waals surface area contributed by atoms with Crippen LogP contribution in [0.5, 0.6) is 0 Å². The van der Waals surface area contributed by atoms with Gasteiger partial charge in [-0.1, -0.05) is 0 Å². The van der Waals surface area contributed by atoms with Crippen molar-refractivity contribution >= 4 is 22.2 Å². The third-order valence-corrected chi connectivity index (χ3v) is 2.57. The smallest absolute Gasteiger partial charge is 0.225 e. The number of rotatable bonds is 0. The van der Waals surface area contributed by atoms with E-state index in [1.54, 1.807) is 11.3 Å². The number of carbonyl (C=O) groups excluding carboxylic acids is 1. The molecular formula is C7H8N2OS. The van der Waals surface area contributed by atoms with E-state index in [9.17, 15) is 4.79 Å².